The van der Waals surface area contributed by atoms with Gasteiger partial charge in [-0.2, -0.15) is 0 Å². The van der Waals surface area contributed by atoms with Gasteiger partial charge >= 0.3 is 6.09 Å². The molecule has 32 heavy (non-hydrogen) atoms. The zero-order valence-electron chi connectivity index (χ0n) is 18.1. The Kier molecular flexibility index (Phi) is 5.83. The molecule has 5 rings (SSSR count). The van der Waals surface area contributed by atoms with Crippen molar-refractivity contribution >= 4 is 6.09 Å². The predicted molar refractivity (Wildman–Crippen MR) is 126 cm³/mol. The molecule has 0 bridgehead atoms. The maximum absolute atomic E-state index is 12.3. The van der Waals surface area contributed by atoms with E-state index in [1.807, 2.05) is 0 Å². The summed E-state index contributed by atoms with van der Waals surface area (Å²) in [6.45, 7) is 2.16. The molecule has 4 atom stereocenters. The molecule has 4 heteroatoms. The van der Waals surface area contributed by atoms with Crippen LogP contribution in [0.2, 0.25) is 0 Å². The molecule has 0 saturated carbocycles. The van der Waals surface area contributed by atoms with Crippen molar-refractivity contribution in [1.82, 2.24) is 10.2 Å². The monoisotopic (exact) mass is 424 g/mol. The number of allylic oxidation sites excluding steroid dienone is 1. The molecule has 4 nitrogen and oxygen atoms in total. The van der Waals surface area contributed by atoms with Crippen LogP contribution >= 0.6 is 0 Å². The van der Waals surface area contributed by atoms with E-state index in [1.165, 1.54) is 16.7 Å². The lowest BCUT2D eigenvalue weighted by Crippen LogP contribution is -2.54. The molecule has 0 spiro atoms. The van der Waals surface area contributed by atoms with Gasteiger partial charge in [-0.15, -0.1) is 6.42 Å². The van der Waals surface area contributed by atoms with E-state index in [9.17, 15) is 4.79 Å². The highest BCUT2D eigenvalue weighted by Gasteiger charge is 2.45. The maximum atomic E-state index is 12.3. The molecule has 2 aliphatic heterocycles. The van der Waals surface area contributed by atoms with Crippen molar-refractivity contribution in [3.05, 3.63) is 95.2 Å². The molecule has 2 aromatic carbocycles. The average Bonchev–Trinajstić information content (AvgIpc) is 2.84. The third-order valence-corrected chi connectivity index (χ3v) is 7.06. The zero-order chi connectivity index (χ0) is 21.9. The van der Waals surface area contributed by atoms with Crippen LogP contribution in [0.25, 0.3) is 0 Å². The van der Waals surface area contributed by atoms with Crippen molar-refractivity contribution in [2.45, 2.75) is 30.7 Å². The van der Waals surface area contributed by atoms with E-state index in [1.54, 1.807) is 0 Å². The second kappa shape index (κ2) is 9.06. The molecule has 2 saturated heterocycles. The minimum absolute atomic E-state index is 0.0329. The summed E-state index contributed by atoms with van der Waals surface area (Å²) in [6.07, 6.45) is 11.4. The zero-order valence-corrected chi connectivity index (χ0v) is 18.1. The Morgan fingerprint density at radius 1 is 1.03 bits per heavy atom. The highest BCUT2D eigenvalue weighted by molar-refractivity contribution is 5.71. The Bertz CT molecular complexity index is 1070. The van der Waals surface area contributed by atoms with Gasteiger partial charge in [0.05, 0.1) is 0 Å². The first-order chi connectivity index (χ1) is 15.7. The maximum Gasteiger partial charge on any atom is 0.412 e. The summed E-state index contributed by atoms with van der Waals surface area (Å²) in [5.74, 6) is 3.40. The number of alkyl carbamates (subject to hydrolysis) is 1. The third-order valence-electron chi connectivity index (χ3n) is 7.06. The molecule has 4 unspecified atom stereocenters. The first-order valence-corrected chi connectivity index (χ1v) is 11.4. The van der Waals surface area contributed by atoms with Crippen LogP contribution in [0.5, 0.6) is 0 Å². The summed E-state index contributed by atoms with van der Waals surface area (Å²) >= 11 is 0. The summed E-state index contributed by atoms with van der Waals surface area (Å²) in [6, 6.07) is 21.9. The lowest BCUT2D eigenvalue weighted by atomic mass is 9.66. The van der Waals surface area contributed by atoms with E-state index in [2.05, 4.69) is 89.0 Å². The second-order valence-electron chi connectivity index (χ2n) is 8.79. The van der Waals surface area contributed by atoms with Crippen LogP contribution in [0.15, 0.2) is 84.1 Å². The number of carbonyl (C=O) groups is 1. The number of terminal acetylenes is 1. The van der Waals surface area contributed by atoms with Crippen LogP contribution in [-0.2, 0) is 4.74 Å². The number of carbonyl (C=O) groups excluding carboxylic acids is 1. The minimum Gasteiger partial charge on any atom is -0.436 e. The normalized spacial score (nSPS) is 26.7. The first-order valence-electron chi connectivity index (χ1n) is 11.4. The van der Waals surface area contributed by atoms with Crippen molar-refractivity contribution in [1.29, 1.82) is 0 Å². The Morgan fingerprint density at radius 2 is 1.72 bits per heavy atom. The number of amides is 1. The van der Waals surface area contributed by atoms with Crippen molar-refractivity contribution in [2.75, 3.05) is 19.7 Å². The van der Waals surface area contributed by atoms with E-state index in [0.29, 0.717) is 23.8 Å². The summed E-state index contributed by atoms with van der Waals surface area (Å²) in [7, 11) is 0. The van der Waals surface area contributed by atoms with Crippen LogP contribution in [-0.4, -0.2) is 36.7 Å². The lowest BCUT2D eigenvalue weighted by molar-refractivity contribution is 0.0912. The van der Waals surface area contributed by atoms with E-state index < -0.39 is 6.09 Å². The van der Waals surface area contributed by atoms with Gasteiger partial charge in [-0.05, 0) is 54.6 Å². The van der Waals surface area contributed by atoms with Gasteiger partial charge in [0.1, 0.15) is 0 Å². The molecule has 0 radical (unpaired) electrons. The van der Waals surface area contributed by atoms with Gasteiger partial charge in [0, 0.05) is 23.6 Å². The summed E-state index contributed by atoms with van der Waals surface area (Å²) in [5, 5.41) is 2.94. The quantitative estimate of drug-likeness (QED) is 0.715. The van der Waals surface area contributed by atoms with E-state index >= 15 is 0 Å². The van der Waals surface area contributed by atoms with Gasteiger partial charge in [-0.25, -0.2) is 4.79 Å². The Labute approximate surface area is 190 Å². The molecule has 1 amide bonds. The number of benzene rings is 2. The summed E-state index contributed by atoms with van der Waals surface area (Å²) < 4.78 is 5.09. The molecular weight excluding hydrogens is 396 g/mol. The van der Waals surface area contributed by atoms with Crippen LogP contribution in [0, 0.1) is 18.3 Å². The van der Waals surface area contributed by atoms with Gasteiger partial charge in [-0.1, -0.05) is 72.7 Å². The van der Waals surface area contributed by atoms with E-state index in [-0.39, 0.29) is 6.61 Å². The largest absolute Gasteiger partial charge is 0.436 e. The molecule has 162 valence electrons. The highest BCUT2D eigenvalue weighted by atomic mass is 16.5. The molecular formula is C28H28N2O2. The fourth-order valence-corrected chi connectivity index (χ4v) is 5.75. The smallest absolute Gasteiger partial charge is 0.412 e. The van der Waals surface area contributed by atoms with Crippen molar-refractivity contribution in [2.24, 2.45) is 5.92 Å². The molecule has 2 heterocycles. The van der Waals surface area contributed by atoms with Crippen molar-refractivity contribution < 1.29 is 9.53 Å². The number of rotatable bonds is 4. The average molecular weight is 425 g/mol. The fourth-order valence-electron chi connectivity index (χ4n) is 5.75. The molecule has 2 fully saturated rings. The van der Waals surface area contributed by atoms with Crippen LogP contribution in [0.1, 0.15) is 35.8 Å². The van der Waals surface area contributed by atoms with Gasteiger partial charge in [0.25, 0.3) is 0 Å². The number of hydrogen-bond donors (Lipinski definition) is 1. The predicted octanol–water partition coefficient (Wildman–Crippen LogP) is 4.83. The Hall–Kier alpha value is -3.29. The van der Waals surface area contributed by atoms with Crippen LogP contribution < -0.4 is 5.32 Å². The minimum atomic E-state index is -0.500. The van der Waals surface area contributed by atoms with E-state index in [0.717, 1.165) is 31.6 Å². The third kappa shape index (κ3) is 3.97. The van der Waals surface area contributed by atoms with E-state index in [4.69, 9.17) is 11.2 Å². The van der Waals surface area contributed by atoms with Crippen molar-refractivity contribution in [3.8, 4) is 12.3 Å². The van der Waals surface area contributed by atoms with Gasteiger partial charge in [0.15, 0.2) is 6.61 Å². The van der Waals surface area contributed by atoms with Gasteiger partial charge < -0.3 is 4.74 Å². The van der Waals surface area contributed by atoms with Crippen LogP contribution in [0.4, 0.5) is 4.79 Å². The van der Waals surface area contributed by atoms with Crippen LogP contribution in [0.3, 0.4) is 0 Å². The fraction of sp³-hybridized carbons (Fsp3) is 0.321. The molecule has 1 N–H and O–H groups in total. The Morgan fingerprint density at radius 3 is 2.44 bits per heavy atom. The topological polar surface area (TPSA) is 41.6 Å². The molecule has 3 aliphatic rings. The molecule has 0 aromatic heterocycles. The van der Waals surface area contributed by atoms with Crippen molar-refractivity contribution in [3.63, 3.8) is 0 Å². The molecule has 2 aromatic rings. The molecule has 1 aliphatic carbocycles. The lowest BCUT2D eigenvalue weighted by Gasteiger charge is -2.52. The number of ether oxygens (including phenoxy) is 1. The number of piperidine rings is 2. The summed E-state index contributed by atoms with van der Waals surface area (Å²) in [4.78, 5) is 14.9. The van der Waals surface area contributed by atoms with Gasteiger partial charge in [-0.3, -0.25) is 10.2 Å². The Balaban J connectivity index is 1.53. The number of nitrogens with one attached hydrogen (secondary N) is 1. The number of hydrogen-bond acceptors (Lipinski definition) is 3. The first kappa shape index (κ1) is 20.6. The second-order valence-corrected chi connectivity index (χ2v) is 8.79. The highest BCUT2D eigenvalue weighted by Crippen LogP contribution is 2.49. The SMILES string of the molecule is C#CCOC(=O)NC1=CC2C(c3ccccc3)CCN3CCC(c4ccccc4)C(=C1)C23. The number of nitrogens with zero attached hydrogens (tertiary/aromatic N) is 1. The standard InChI is InChI=1S/C28H28N2O2/c1-2-17-32-28(31)29-22-18-25-23(20-9-5-3-6-10-20)13-15-30-16-14-24(26(19-22)27(25)30)21-11-7-4-8-12-21/h1,3-12,18-19,23-25,27H,13-17H2,(H,29,31). The summed E-state index contributed by atoms with van der Waals surface area (Å²) in [5.41, 5.74) is 4.91. The van der Waals surface area contributed by atoms with Gasteiger partial charge in [0.2, 0.25) is 0 Å².